The minimum atomic E-state index is -1.38. The number of hydrogen-bond acceptors (Lipinski definition) is 5. The summed E-state index contributed by atoms with van der Waals surface area (Å²) in [6.07, 6.45) is 3.87. The normalized spacial score (nSPS) is 24.6. The summed E-state index contributed by atoms with van der Waals surface area (Å²) >= 11 is 0. The van der Waals surface area contributed by atoms with Gasteiger partial charge in [0.2, 0.25) is 5.91 Å². The van der Waals surface area contributed by atoms with Crippen molar-refractivity contribution >= 4 is 11.8 Å². The van der Waals surface area contributed by atoms with Gasteiger partial charge in [-0.05, 0) is 62.1 Å². The van der Waals surface area contributed by atoms with E-state index in [0.717, 1.165) is 45.1 Å². The Bertz CT molecular complexity index is 796. The molecular weight excluding hydrogens is 418 g/mol. The summed E-state index contributed by atoms with van der Waals surface area (Å²) in [5.74, 6) is 0.0359. The Morgan fingerprint density at radius 3 is 2.33 bits per heavy atom. The lowest BCUT2D eigenvalue weighted by atomic mass is 9.84. The third-order valence-corrected chi connectivity index (χ3v) is 7.81. The first-order valence-electron chi connectivity index (χ1n) is 12.5. The van der Waals surface area contributed by atoms with Crippen molar-refractivity contribution < 1.29 is 19.8 Å². The number of primary amides is 1. The largest absolute Gasteiger partial charge is 0.390 e. The molecule has 4 N–H and O–H groups in total. The van der Waals surface area contributed by atoms with Crippen LogP contribution in [0.5, 0.6) is 0 Å². The number of aliphatic hydroxyl groups is 2. The molecule has 2 fully saturated rings. The summed E-state index contributed by atoms with van der Waals surface area (Å²) in [4.78, 5) is 28.8. The molecule has 2 aliphatic rings. The van der Waals surface area contributed by atoms with Crippen LogP contribution in [0.3, 0.4) is 0 Å². The van der Waals surface area contributed by atoms with Gasteiger partial charge in [-0.25, -0.2) is 0 Å². The van der Waals surface area contributed by atoms with E-state index < -0.39 is 12.2 Å². The molecule has 7 heteroatoms. The molecule has 33 heavy (non-hydrogen) atoms. The Balaban J connectivity index is 1.66. The number of carbonyl (C=O) groups is 2. The lowest BCUT2D eigenvalue weighted by Gasteiger charge is -2.40. The van der Waals surface area contributed by atoms with E-state index in [1.807, 2.05) is 12.1 Å². The molecule has 7 nitrogen and oxygen atoms in total. The second kappa shape index (κ2) is 11.4. The highest BCUT2D eigenvalue weighted by Crippen LogP contribution is 2.43. The molecule has 2 aliphatic heterocycles. The third kappa shape index (κ3) is 6.14. The number of nitrogens with two attached hydrogens (primary N) is 1. The molecule has 0 spiro atoms. The number of hydrogen-bond donors (Lipinski definition) is 3. The minimum absolute atomic E-state index is 0.373. The smallest absolute Gasteiger partial charge is 0.254 e. The summed E-state index contributed by atoms with van der Waals surface area (Å²) in [7, 11) is 0. The summed E-state index contributed by atoms with van der Waals surface area (Å²) in [5, 5.41) is 20.0. The Kier molecular flexibility index (Phi) is 8.90. The number of carbonyl (C=O) groups excluding carboxylic acids is 2. The molecule has 2 heterocycles. The highest BCUT2D eigenvalue weighted by atomic mass is 16.3. The summed E-state index contributed by atoms with van der Waals surface area (Å²) in [5.41, 5.74) is 7.23. The van der Waals surface area contributed by atoms with Gasteiger partial charge in [-0.15, -0.1) is 0 Å². The van der Waals surface area contributed by atoms with Crippen LogP contribution in [-0.2, 0) is 4.79 Å². The molecule has 2 amide bonds. The first-order valence-corrected chi connectivity index (χ1v) is 12.5. The average Bonchev–Trinajstić information content (AvgIpc) is 3.04. The SMILES string of the molecule is CCC(CC)CN(CCN1C2CCC1CC(c1cccc(C(N)=O)c1)C2)C(=O)[C@H](O)C(C)O. The maximum Gasteiger partial charge on any atom is 0.254 e. The molecule has 1 aromatic rings. The maximum absolute atomic E-state index is 12.9. The van der Waals surface area contributed by atoms with Crippen molar-refractivity contribution in [2.45, 2.75) is 89.5 Å². The van der Waals surface area contributed by atoms with Crippen molar-refractivity contribution in [3.63, 3.8) is 0 Å². The van der Waals surface area contributed by atoms with Crippen LogP contribution in [0.25, 0.3) is 0 Å². The topological polar surface area (TPSA) is 107 Å². The molecular formula is C26H41N3O4. The molecule has 2 bridgehead atoms. The standard InChI is InChI=1S/C26H41N3O4/c1-4-18(5-2)16-28(26(33)24(31)17(3)30)11-12-29-22-9-10-23(29)15-21(14-22)19-7-6-8-20(13-19)25(27)32/h6-8,13,17-18,21-24,30-31H,4-5,9-12,14-16H2,1-3H3,(H2,27,32)/t17?,21?,22?,23?,24-/m1/s1. The van der Waals surface area contributed by atoms with Gasteiger partial charge in [-0.1, -0.05) is 38.8 Å². The molecule has 3 unspecified atom stereocenters. The second-order valence-electron chi connectivity index (χ2n) is 9.93. The average molecular weight is 460 g/mol. The lowest BCUT2D eigenvalue weighted by Crippen LogP contribution is -2.51. The number of benzene rings is 1. The zero-order valence-corrected chi connectivity index (χ0v) is 20.3. The second-order valence-corrected chi connectivity index (χ2v) is 9.93. The number of amides is 2. The number of rotatable bonds is 11. The van der Waals surface area contributed by atoms with Crippen LogP contribution in [0.4, 0.5) is 0 Å². The van der Waals surface area contributed by atoms with Gasteiger partial charge in [0.25, 0.3) is 5.91 Å². The van der Waals surface area contributed by atoms with Gasteiger partial charge in [0.15, 0.2) is 6.10 Å². The number of nitrogens with zero attached hydrogens (tertiary/aromatic N) is 2. The molecule has 0 aromatic heterocycles. The van der Waals surface area contributed by atoms with E-state index in [2.05, 4.69) is 24.8 Å². The van der Waals surface area contributed by atoms with E-state index in [9.17, 15) is 19.8 Å². The van der Waals surface area contributed by atoms with Gasteiger partial charge in [0.1, 0.15) is 0 Å². The summed E-state index contributed by atoms with van der Waals surface area (Å²) in [6.45, 7) is 7.66. The fraction of sp³-hybridized carbons (Fsp3) is 0.692. The van der Waals surface area contributed by atoms with E-state index in [-0.39, 0.29) is 11.8 Å². The fourth-order valence-corrected chi connectivity index (χ4v) is 5.64. The zero-order valence-electron chi connectivity index (χ0n) is 20.3. The van der Waals surface area contributed by atoms with Crippen molar-refractivity contribution in [1.29, 1.82) is 0 Å². The van der Waals surface area contributed by atoms with Crippen molar-refractivity contribution in [2.75, 3.05) is 19.6 Å². The molecule has 4 atom stereocenters. The molecule has 0 saturated carbocycles. The predicted octanol–water partition coefficient (Wildman–Crippen LogP) is 2.50. The van der Waals surface area contributed by atoms with Crippen molar-refractivity contribution in [3.05, 3.63) is 35.4 Å². The van der Waals surface area contributed by atoms with Crippen LogP contribution in [0, 0.1) is 5.92 Å². The minimum Gasteiger partial charge on any atom is -0.390 e. The van der Waals surface area contributed by atoms with E-state index >= 15 is 0 Å². The fourth-order valence-electron chi connectivity index (χ4n) is 5.64. The summed E-state index contributed by atoms with van der Waals surface area (Å²) in [6, 6.07) is 8.63. The molecule has 184 valence electrons. The Morgan fingerprint density at radius 2 is 1.79 bits per heavy atom. The van der Waals surface area contributed by atoms with Crippen LogP contribution in [0.15, 0.2) is 24.3 Å². The molecule has 0 aliphatic carbocycles. The van der Waals surface area contributed by atoms with Crippen LogP contribution < -0.4 is 5.73 Å². The van der Waals surface area contributed by atoms with Crippen molar-refractivity contribution in [3.8, 4) is 0 Å². The van der Waals surface area contributed by atoms with Gasteiger partial charge in [0.05, 0.1) is 6.10 Å². The first-order chi connectivity index (χ1) is 15.7. The number of piperidine rings is 1. The van der Waals surface area contributed by atoms with Gasteiger partial charge in [-0.2, -0.15) is 0 Å². The van der Waals surface area contributed by atoms with Gasteiger partial charge in [-0.3, -0.25) is 14.5 Å². The maximum atomic E-state index is 12.9. The lowest BCUT2D eigenvalue weighted by molar-refractivity contribution is -0.146. The highest BCUT2D eigenvalue weighted by molar-refractivity contribution is 5.92. The summed E-state index contributed by atoms with van der Waals surface area (Å²) < 4.78 is 0. The third-order valence-electron chi connectivity index (χ3n) is 7.81. The molecule has 0 radical (unpaired) electrons. The van der Waals surface area contributed by atoms with E-state index in [1.165, 1.54) is 12.5 Å². The Hall–Kier alpha value is -1.96. The first kappa shape index (κ1) is 25.7. The van der Waals surface area contributed by atoms with Crippen LogP contribution >= 0.6 is 0 Å². The molecule has 2 saturated heterocycles. The van der Waals surface area contributed by atoms with E-state index in [4.69, 9.17) is 5.73 Å². The highest BCUT2D eigenvalue weighted by Gasteiger charge is 2.41. The van der Waals surface area contributed by atoms with Crippen molar-refractivity contribution in [1.82, 2.24) is 9.80 Å². The van der Waals surface area contributed by atoms with Crippen molar-refractivity contribution in [2.24, 2.45) is 11.7 Å². The van der Waals surface area contributed by atoms with E-state index in [0.29, 0.717) is 42.6 Å². The zero-order chi connectivity index (χ0) is 24.1. The number of fused-ring (bicyclic) bond motifs is 2. The van der Waals surface area contributed by atoms with Crippen LogP contribution in [0.2, 0.25) is 0 Å². The predicted molar refractivity (Wildman–Crippen MR) is 129 cm³/mol. The van der Waals surface area contributed by atoms with Gasteiger partial charge in [0, 0.05) is 37.3 Å². The Morgan fingerprint density at radius 1 is 1.15 bits per heavy atom. The van der Waals surface area contributed by atoms with Gasteiger partial charge < -0.3 is 20.8 Å². The monoisotopic (exact) mass is 459 g/mol. The van der Waals surface area contributed by atoms with Crippen LogP contribution in [-0.4, -0.2) is 75.8 Å². The number of aliphatic hydroxyl groups excluding tert-OH is 2. The quantitative estimate of drug-likeness (QED) is 0.471. The van der Waals surface area contributed by atoms with Gasteiger partial charge >= 0.3 is 0 Å². The molecule has 3 rings (SSSR count). The molecule has 1 aromatic carbocycles. The van der Waals surface area contributed by atoms with Crippen LogP contribution in [0.1, 0.15) is 81.1 Å². The van der Waals surface area contributed by atoms with E-state index in [1.54, 1.807) is 11.0 Å². The Labute approximate surface area is 197 Å².